The van der Waals surface area contributed by atoms with Gasteiger partial charge in [0.05, 0.1) is 6.61 Å². The Kier molecular flexibility index (Phi) is 4.52. The largest absolute Gasteiger partial charge is 0.478 e. The van der Waals surface area contributed by atoms with Crippen LogP contribution in [0.5, 0.6) is 5.88 Å². The van der Waals surface area contributed by atoms with Gasteiger partial charge < -0.3 is 4.74 Å². The van der Waals surface area contributed by atoms with Crippen molar-refractivity contribution >= 4 is 21.4 Å². The van der Waals surface area contributed by atoms with E-state index in [9.17, 15) is 8.42 Å². The topological polar surface area (TPSA) is 68.3 Å². The van der Waals surface area contributed by atoms with Crippen LogP contribution in [0.3, 0.4) is 0 Å². The van der Waals surface area contributed by atoms with E-state index in [1.807, 2.05) is 6.92 Å². The van der Waals surface area contributed by atoms with Gasteiger partial charge in [0.25, 0.3) is 0 Å². The molecular formula is C12H14N2O3S2. The summed E-state index contributed by atoms with van der Waals surface area (Å²) in [5.74, 6) is 0.457. The van der Waals surface area contributed by atoms with Crippen LogP contribution < -0.4 is 9.46 Å². The molecule has 0 radical (unpaired) electrons. The first-order chi connectivity index (χ1) is 9.13. The number of ether oxygens (including phenoxy) is 1. The molecule has 102 valence electrons. The van der Waals surface area contributed by atoms with E-state index in [1.165, 1.54) is 11.3 Å². The monoisotopic (exact) mass is 298 g/mol. The standard InChI is InChI=1S/C12H14N2O3S2/c1-2-17-12-10(5-3-7-13-12)9-14-19(15,16)11-6-4-8-18-11/h3-8,14H,2,9H2,1H3. The highest BCUT2D eigenvalue weighted by molar-refractivity contribution is 7.91. The molecule has 0 bridgehead atoms. The van der Waals surface area contributed by atoms with Crippen molar-refractivity contribution in [1.29, 1.82) is 0 Å². The SMILES string of the molecule is CCOc1ncccc1CNS(=O)(=O)c1cccs1. The summed E-state index contributed by atoms with van der Waals surface area (Å²) in [5, 5.41) is 1.73. The molecule has 0 fully saturated rings. The molecule has 0 aliphatic carbocycles. The predicted octanol–water partition coefficient (Wildman–Crippen LogP) is 2.02. The Labute approximate surface area is 116 Å². The van der Waals surface area contributed by atoms with E-state index in [4.69, 9.17) is 4.74 Å². The van der Waals surface area contributed by atoms with Gasteiger partial charge in [-0.15, -0.1) is 11.3 Å². The number of aromatic nitrogens is 1. The molecule has 0 spiro atoms. The molecule has 2 rings (SSSR count). The number of hydrogen-bond donors (Lipinski definition) is 1. The number of hydrogen-bond acceptors (Lipinski definition) is 5. The third-order valence-corrected chi connectivity index (χ3v) is 5.14. The summed E-state index contributed by atoms with van der Waals surface area (Å²) in [6.45, 7) is 2.50. The van der Waals surface area contributed by atoms with E-state index >= 15 is 0 Å². The fourth-order valence-electron chi connectivity index (χ4n) is 1.49. The molecule has 5 nitrogen and oxygen atoms in total. The number of rotatable bonds is 6. The van der Waals surface area contributed by atoms with Crippen LogP contribution in [0.4, 0.5) is 0 Å². The molecule has 2 heterocycles. The van der Waals surface area contributed by atoms with Gasteiger partial charge in [-0.25, -0.2) is 18.1 Å². The van der Waals surface area contributed by atoms with Gasteiger partial charge in [-0.2, -0.15) is 0 Å². The summed E-state index contributed by atoms with van der Waals surface area (Å²) < 4.78 is 32.1. The van der Waals surface area contributed by atoms with Crippen LogP contribution >= 0.6 is 11.3 Å². The van der Waals surface area contributed by atoms with Gasteiger partial charge in [0.2, 0.25) is 15.9 Å². The molecule has 0 aliphatic heterocycles. The normalized spacial score (nSPS) is 11.4. The lowest BCUT2D eigenvalue weighted by molar-refractivity contribution is 0.322. The average molecular weight is 298 g/mol. The van der Waals surface area contributed by atoms with Crippen LogP contribution in [-0.2, 0) is 16.6 Å². The predicted molar refractivity (Wildman–Crippen MR) is 73.8 cm³/mol. The number of thiophene rings is 1. The van der Waals surface area contributed by atoms with Crippen LogP contribution in [0.1, 0.15) is 12.5 Å². The number of sulfonamides is 1. The lowest BCUT2D eigenvalue weighted by atomic mass is 10.3. The second-order valence-corrected chi connectivity index (χ2v) is 6.60. The van der Waals surface area contributed by atoms with E-state index in [0.717, 1.165) is 0 Å². The average Bonchev–Trinajstić information content (AvgIpc) is 2.93. The zero-order valence-electron chi connectivity index (χ0n) is 10.4. The van der Waals surface area contributed by atoms with Gasteiger partial charge >= 0.3 is 0 Å². The molecule has 7 heteroatoms. The number of pyridine rings is 1. The second kappa shape index (κ2) is 6.14. The van der Waals surface area contributed by atoms with E-state index in [0.29, 0.717) is 22.3 Å². The Hall–Kier alpha value is -1.44. The van der Waals surface area contributed by atoms with Gasteiger partial charge in [0, 0.05) is 18.3 Å². The lowest BCUT2D eigenvalue weighted by Crippen LogP contribution is -2.22. The molecule has 0 amide bonds. The van der Waals surface area contributed by atoms with Crippen molar-refractivity contribution in [2.24, 2.45) is 0 Å². The Morgan fingerprint density at radius 1 is 1.37 bits per heavy atom. The Morgan fingerprint density at radius 3 is 2.89 bits per heavy atom. The fraction of sp³-hybridized carbons (Fsp3) is 0.250. The maximum Gasteiger partial charge on any atom is 0.250 e. The molecule has 1 N–H and O–H groups in total. The molecule has 0 saturated carbocycles. The molecule has 2 aromatic rings. The first-order valence-corrected chi connectivity index (χ1v) is 8.09. The summed E-state index contributed by atoms with van der Waals surface area (Å²) in [4.78, 5) is 4.08. The van der Waals surface area contributed by atoms with Crippen molar-refractivity contribution in [3.05, 3.63) is 41.4 Å². The Morgan fingerprint density at radius 2 is 2.21 bits per heavy atom. The van der Waals surface area contributed by atoms with Gasteiger partial charge in [-0.3, -0.25) is 0 Å². The smallest absolute Gasteiger partial charge is 0.250 e. The molecule has 19 heavy (non-hydrogen) atoms. The molecule has 0 aliphatic rings. The summed E-state index contributed by atoms with van der Waals surface area (Å²) in [7, 11) is -3.46. The van der Waals surface area contributed by atoms with Crippen LogP contribution in [0, 0.1) is 0 Å². The highest BCUT2D eigenvalue weighted by Gasteiger charge is 2.15. The molecule has 0 aromatic carbocycles. The number of nitrogens with zero attached hydrogens (tertiary/aromatic N) is 1. The molecule has 0 atom stereocenters. The van der Waals surface area contributed by atoms with Crippen molar-refractivity contribution in [3.8, 4) is 5.88 Å². The summed E-state index contributed by atoms with van der Waals surface area (Å²) >= 11 is 1.18. The minimum absolute atomic E-state index is 0.156. The minimum atomic E-state index is -3.46. The first-order valence-electron chi connectivity index (χ1n) is 5.73. The zero-order chi connectivity index (χ0) is 13.7. The fourth-order valence-corrected chi connectivity index (χ4v) is 3.53. The van der Waals surface area contributed by atoms with Crippen LogP contribution in [0.25, 0.3) is 0 Å². The maximum atomic E-state index is 12.0. The van der Waals surface area contributed by atoms with Crippen LogP contribution in [0.2, 0.25) is 0 Å². The van der Waals surface area contributed by atoms with E-state index in [1.54, 1.807) is 35.8 Å². The summed E-state index contributed by atoms with van der Waals surface area (Å²) in [6, 6.07) is 6.81. The third kappa shape index (κ3) is 3.52. The Balaban J connectivity index is 2.11. The lowest BCUT2D eigenvalue weighted by Gasteiger charge is -2.09. The van der Waals surface area contributed by atoms with Crippen molar-refractivity contribution in [2.45, 2.75) is 17.7 Å². The van der Waals surface area contributed by atoms with E-state index in [-0.39, 0.29) is 6.54 Å². The maximum absolute atomic E-state index is 12.0. The number of nitrogens with one attached hydrogen (secondary N) is 1. The second-order valence-electron chi connectivity index (χ2n) is 3.66. The van der Waals surface area contributed by atoms with Crippen molar-refractivity contribution in [3.63, 3.8) is 0 Å². The molecule has 0 saturated heterocycles. The molecule has 2 aromatic heterocycles. The quantitative estimate of drug-likeness (QED) is 0.886. The van der Waals surface area contributed by atoms with Gasteiger partial charge in [0.15, 0.2) is 0 Å². The van der Waals surface area contributed by atoms with Crippen molar-refractivity contribution in [1.82, 2.24) is 9.71 Å². The highest BCUT2D eigenvalue weighted by Crippen LogP contribution is 2.18. The first kappa shape index (κ1) is 14.0. The van der Waals surface area contributed by atoms with E-state index in [2.05, 4.69) is 9.71 Å². The summed E-state index contributed by atoms with van der Waals surface area (Å²) in [5.41, 5.74) is 0.712. The van der Waals surface area contributed by atoms with Crippen LogP contribution in [0.15, 0.2) is 40.1 Å². The molecule has 0 unspecified atom stereocenters. The van der Waals surface area contributed by atoms with Crippen molar-refractivity contribution < 1.29 is 13.2 Å². The molecular weight excluding hydrogens is 284 g/mol. The zero-order valence-corrected chi connectivity index (χ0v) is 12.0. The van der Waals surface area contributed by atoms with Crippen molar-refractivity contribution in [2.75, 3.05) is 6.61 Å². The highest BCUT2D eigenvalue weighted by atomic mass is 32.2. The van der Waals surface area contributed by atoms with Gasteiger partial charge in [-0.05, 0) is 24.4 Å². The van der Waals surface area contributed by atoms with Gasteiger partial charge in [-0.1, -0.05) is 12.1 Å². The van der Waals surface area contributed by atoms with Crippen LogP contribution in [-0.4, -0.2) is 20.0 Å². The van der Waals surface area contributed by atoms with Gasteiger partial charge in [0.1, 0.15) is 4.21 Å². The minimum Gasteiger partial charge on any atom is -0.478 e. The van der Waals surface area contributed by atoms with E-state index < -0.39 is 10.0 Å². The third-order valence-electron chi connectivity index (χ3n) is 2.34. The summed E-state index contributed by atoms with van der Waals surface area (Å²) in [6.07, 6.45) is 1.61. The Bertz CT molecular complexity index is 624.